The number of carbonyl (C=O) groups is 1. The Morgan fingerprint density at radius 3 is 3.07 bits per heavy atom. The van der Waals surface area contributed by atoms with Crippen molar-refractivity contribution in [1.82, 2.24) is 10.6 Å². The van der Waals surface area contributed by atoms with Gasteiger partial charge in [-0.05, 0) is 31.7 Å². The van der Waals surface area contributed by atoms with E-state index in [9.17, 15) is 4.79 Å². The lowest BCUT2D eigenvalue weighted by Crippen LogP contribution is -2.41. The number of ether oxygens (including phenoxy) is 1. The minimum Gasteiger partial charge on any atom is -0.384 e. The molecule has 1 aliphatic carbocycles. The van der Waals surface area contributed by atoms with Crippen LogP contribution in [0.3, 0.4) is 0 Å². The van der Waals surface area contributed by atoms with Gasteiger partial charge in [0.15, 0.2) is 0 Å². The van der Waals surface area contributed by atoms with Crippen LogP contribution in [-0.4, -0.2) is 38.3 Å². The molecule has 0 aromatic heterocycles. The van der Waals surface area contributed by atoms with Crippen molar-refractivity contribution in [2.45, 2.75) is 37.8 Å². The van der Waals surface area contributed by atoms with Crippen molar-refractivity contribution in [2.24, 2.45) is 5.92 Å². The number of rotatable bonds is 4. The first-order valence-electron chi connectivity index (χ1n) is 5.79. The Morgan fingerprint density at radius 2 is 2.33 bits per heavy atom. The molecule has 0 spiro atoms. The number of hydrogen-bond acceptors (Lipinski definition) is 3. The molecule has 0 aromatic carbocycles. The molecule has 1 saturated carbocycles. The first kappa shape index (κ1) is 10.9. The van der Waals surface area contributed by atoms with Crippen LogP contribution in [-0.2, 0) is 9.53 Å². The largest absolute Gasteiger partial charge is 0.384 e. The molecular formula is C11H20N2O2. The molecule has 4 heteroatoms. The summed E-state index contributed by atoms with van der Waals surface area (Å²) in [6.45, 7) is 1.65. The van der Waals surface area contributed by atoms with Gasteiger partial charge in [0.1, 0.15) is 0 Å². The van der Waals surface area contributed by atoms with E-state index >= 15 is 0 Å². The number of amides is 1. The molecule has 86 valence electrons. The number of fused-ring (bicyclic) bond motifs is 2. The monoisotopic (exact) mass is 212 g/mol. The van der Waals surface area contributed by atoms with Gasteiger partial charge in [-0.1, -0.05) is 0 Å². The van der Waals surface area contributed by atoms with E-state index in [-0.39, 0.29) is 5.91 Å². The Morgan fingerprint density at radius 1 is 1.47 bits per heavy atom. The number of carbonyl (C=O) groups excluding carboxylic acids is 1. The molecule has 1 heterocycles. The third-order valence-corrected chi connectivity index (χ3v) is 3.40. The normalized spacial score (nSPS) is 34.1. The van der Waals surface area contributed by atoms with Crippen molar-refractivity contribution in [3.8, 4) is 0 Å². The lowest BCUT2D eigenvalue weighted by atomic mass is 9.86. The van der Waals surface area contributed by atoms with Crippen LogP contribution < -0.4 is 10.6 Å². The molecule has 1 amide bonds. The summed E-state index contributed by atoms with van der Waals surface area (Å²) >= 11 is 0. The maximum absolute atomic E-state index is 11.5. The average Bonchev–Trinajstić information content (AvgIpc) is 2.55. The Hall–Kier alpha value is -0.610. The fourth-order valence-electron chi connectivity index (χ4n) is 2.72. The first-order chi connectivity index (χ1) is 7.28. The van der Waals surface area contributed by atoms with Crippen molar-refractivity contribution < 1.29 is 9.53 Å². The van der Waals surface area contributed by atoms with Crippen LogP contribution in [0.1, 0.15) is 25.7 Å². The highest BCUT2D eigenvalue weighted by Crippen LogP contribution is 2.29. The summed E-state index contributed by atoms with van der Waals surface area (Å²) in [5, 5.41) is 6.58. The molecule has 4 nitrogen and oxygen atoms in total. The minimum absolute atomic E-state index is 0.128. The summed E-state index contributed by atoms with van der Waals surface area (Å²) in [5.41, 5.74) is 0. The number of nitrogens with one attached hydrogen (secondary N) is 2. The molecule has 2 N–H and O–H groups in total. The summed E-state index contributed by atoms with van der Waals surface area (Å²) in [5.74, 6) is 0.902. The Labute approximate surface area is 90.8 Å². The molecule has 2 aliphatic rings. The van der Waals surface area contributed by atoms with E-state index in [4.69, 9.17) is 4.74 Å². The maximum atomic E-state index is 11.5. The zero-order valence-corrected chi connectivity index (χ0v) is 9.29. The van der Waals surface area contributed by atoms with Crippen molar-refractivity contribution in [3.05, 3.63) is 0 Å². The van der Waals surface area contributed by atoms with Crippen LogP contribution in [0.2, 0.25) is 0 Å². The van der Waals surface area contributed by atoms with E-state index in [1.807, 2.05) is 0 Å². The highest BCUT2D eigenvalue weighted by atomic mass is 16.5. The van der Waals surface area contributed by atoms with E-state index < -0.39 is 0 Å². The minimum atomic E-state index is 0.128. The van der Waals surface area contributed by atoms with Crippen LogP contribution in [0.4, 0.5) is 0 Å². The van der Waals surface area contributed by atoms with Crippen LogP contribution >= 0.6 is 0 Å². The van der Waals surface area contributed by atoms with Crippen molar-refractivity contribution in [1.29, 1.82) is 0 Å². The third-order valence-electron chi connectivity index (χ3n) is 3.40. The molecule has 3 atom stereocenters. The van der Waals surface area contributed by atoms with E-state index in [1.165, 1.54) is 6.42 Å². The molecule has 1 aliphatic heterocycles. The maximum Gasteiger partial charge on any atom is 0.222 e. The molecule has 0 radical (unpaired) electrons. The summed E-state index contributed by atoms with van der Waals surface area (Å²) in [4.78, 5) is 11.5. The van der Waals surface area contributed by atoms with Crippen molar-refractivity contribution >= 4 is 5.91 Å². The van der Waals surface area contributed by atoms with Gasteiger partial charge in [0.2, 0.25) is 5.91 Å². The summed E-state index contributed by atoms with van der Waals surface area (Å²) in [6, 6.07) is 1.02. The first-order valence-corrected chi connectivity index (χ1v) is 5.79. The summed E-state index contributed by atoms with van der Waals surface area (Å²) < 4.78 is 4.88. The third kappa shape index (κ3) is 2.92. The van der Waals surface area contributed by atoms with Gasteiger partial charge in [-0.25, -0.2) is 0 Å². The fourth-order valence-corrected chi connectivity index (χ4v) is 2.72. The zero-order chi connectivity index (χ0) is 10.7. The van der Waals surface area contributed by atoms with Crippen LogP contribution in [0.25, 0.3) is 0 Å². The molecular weight excluding hydrogens is 192 g/mol. The molecule has 15 heavy (non-hydrogen) atoms. The van der Waals surface area contributed by atoms with Gasteiger partial charge in [0.05, 0.1) is 6.61 Å². The Bertz CT molecular complexity index is 221. The number of methoxy groups -OCH3 is 1. The topological polar surface area (TPSA) is 50.4 Å². The van der Waals surface area contributed by atoms with Crippen LogP contribution in [0, 0.1) is 5.92 Å². The summed E-state index contributed by atoms with van der Waals surface area (Å²) in [7, 11) is 1.62. The van der Waals surface area contributed by atoms with Gasteiger partial charge in [-0.3, -0.25) is 4.79 Å². The lowest BCUT2D eigenvalue weighted by Gasteiger charge is -2.27. The second-order valence-electron chi connectivity index (χ2n) is 4.69. The van der Waals surface area contributed by atoms with Crippen molar-refractivity contribution in [3.63, 3.8) is 0 Å². The SMILES string of the molecule is COCCC(=O)NC1CC2CNC(C2)C1. The second kappa shape index (κ2) is 4.94. The highest BCUT2D eigenvalue weighted by molar-refractivity contribution is 5.76. The second-order valence-corrected chi connectivity index (χ2v) is 4.69. The molecule has 1 saturated heterocycles. The van der Waals surface area contributed by atoms with E-state index in [2.05, 4.69) is 10.6 Å². The van der Waals surface area contributed by atoms with Gasteiger partial charge >= 0.3 is 0 Å². The summed E-state index contributed by atoms with van der Waals surface area (Å²) in [6.07, 6.45) is 4.01. The van der Waals surface area contributed by atoms with Gasteiger partial charge in [0.25, 0.3) is 0 Å². The average molecular weight is 212 g/mol. The van der Waals surface area contributed by atoms with Gasteiger partial charge in [-0.15, -0.1) is 0 Å². The standard InChI is InChI=1S/C11H20N2O2/c1-15-3-2-11(14)13-10-5-8-4-9(6-10)12-7-8/h8-10,12H,2-7H2,1H3,(H,13,14). The predicted molar refractivity (Wildman–Crippen MR) is 57.6 cm³/mol. The van der Waals surface area contributed by atoms with Crippen molar-refractivity contribution in [2.75, 3.05) is 20.3 Å². The van der Waals surface area contributed by atoms with Gasteiger partial charge in [0, 0.05) is 25.6 Å². The smallest absolute Gasteiger partial charge is 0.222 e. The zero-order valence-electron chi connectivity index (χ0n) is 9.29. The Balaban J connectivity index is 1.73. The quantitative estimate of drug-likeness (QED) is 0.704. The molecule has 3 unspecified atom stereocenters. The molecule has 2 fully saturated rings. The predicted octanol–water partition coefficient (Wildman–Crippen LogP) is 0.280. The van der Waals surface area contributed by atoms with Crippen LogP contribution in [0.15, 0.2) is 0 Å². The highest BCUT2D eigenvalue weighted by Gasteiger charge is 2.34. The lowest BCUT2D eigenvalue weighted by molar-refractivity contribution is -0.122. The molecule has 2 rings (SSSR count). The van der Waals surface area contributed by atoms with E-state index in [1.54, 1.807) is 7.11 Å². The van der Waals surface area contributed by atoms with E-state index in [0.717, 1.165) is 25.3 Å². The molecule has 2 bridgehead atoms. The molecule has 0 aromatic rings. The van der Waals surface area contributed by atoms with Gasteiger partial charge < -0.3 is 15.4 Å². The van der Waals surface area contributed by atoms with Gasteiger partial charge in [-0.2, -0.15) is 0 Å². The Kier molecular flexibility index (Phi) is 3.59. The number of hydrogen-bond donors (Lipinski definition) is 2. The van der Waals surface area contributed by atoms with E-state index in [0.29, 0.717) is 25.1 Å². The fraction of sp³-hybridized carbons (Fsp3) is 0.909. The van der Waals surface area contributed by atoms with Crippen LogP contribution in [0.5, 0.6) is 0 Å².